The standard InChI is InChI=1S/C8H14N2O3/c1-13-7-5-10(4-6-11)8(12)2-3-9/h11H,2,4-7H2,1H3. The van der Waals surface area contributed by atoms with Crippen LogP contribution < -0.4 is 0 Å². The predicted octanol–water partition coefficient (Wildman–Crippen LogP) is -0.633. The molecular formula is C8H14N2O3. The van der Waals surface area contributed by atoms with Crippen molar-refractivity contribution < 1.29 is 14.6 Å². The molecule has 0 bridgehead atoms. The summed E-state index contributed by atoms with van der Waals surface area (Å²) < 4.78 is 4.79. The Labute approximate surface area is 77.5 Å². The molecule has 0 spiro atoms. The van der Waals surface area contributed by atoms with Gasteiger partial charge in [-0.15, -0.1) is 0 Å². The van der Waals surface area contributed by atoms with E-state index in [4.69, 9.17) is 15.1 Å². The molecule has 0 fully saturated rings. The Morgan fingerprint density at radius 2 is 2.31 bits per heavy atom. The number of aliphatic hydroxyl groups is 1. The van der Waals surface area contributed by atoms with Gasteiger partial charge in [0.05, 0.1) is 19.3 Å². The Kier molecular flexibility index (Phi) is 6.88. The van der Waals surface area contributed by atoms with Gasteiger partial charge in [0.1, 0.15) is 6.42 Å². The van der Waals surface area contributed by atoms with E-state index in [0.29, 0.717) is 13.2 Å². The fourth-order valence-corrected chi connectivity index (χ4v) is 0.863. The van der Waals surface area contributed by atoms with E-state index in [-0.39, 0.29) is 25.5 Å². The second kappa shape index (κ2) is 7.53. The summed E-state index contributed by atoms with van der Waals surface area (Å²) >= 11 is 0. The van der Waals surface area contributed by atoms with E-state index in [0.717, 1.165) is 0 Å². The van der Waals surface area contributed by atoms with Gasteiger partial charge < -0.3 is 14.7 Å². The molecule has 0 aromatic heterocycles. The molecule has 1 N–H and O–H groups in total. The van der Waals surface area contributed by atoms with Crippen LogP contribution in [0.25, 0.3) is 0 Å². The van der Waals surface area contributed by atoms with Crippen LogP contribution in [0, 0.1) is 11.3 Å². The summed E-state index contributed by atoms with van der Waals surface area (Å²) in [4.78, 5) is 12.6. The molecular weight excluding hydrogens is 172 g/mol. The highest BCUT2D eigenvalue weighted by atomic mass is 16.5. The molecule has 1 amide bonds. The maximum absolute atomic E-state index is 11.2. The summed E-state index contributed by atoms with van der Waals surface area (Å²) in [5.74, 6) is -0.270. The van der Waals surface area contributed by atoms with Crippen molar-refractivity contribution in [1.82, 2.24) is 4.90 Å². The third kappa shape index (κ3) is 5.17. The van der Waals surface area contributed by atoms with E-state index in [1.807, 2.05) is 0 Å². The lowest BCUT2D eigenvalue weighted by atomic mass is 10.3. The molecule has 0 saturated heterocycles. The highest BCUT2D eigenvalue weighted by Gasteiger charge is 2.11. The number of aliphatic hydroxyl groups excluding tert-OH is 1. The zero-order chi connectivity index (χ0) is 10.1. The largest absolute Gasteiger partial charge is 0.395 e. The number of nitrogens with zero attached hydrogens (tertiary/aromatic N) is 2. The quantitative estimate of drug-likeness (QED) is 0.599. The van der Waals surface area contributed by atoms with Crippen molar-refractivity contribution in [1.29, 1.82) is 5.26 Å². The van der Waals surface area contributed by atoms with Crippen molar-refractivity contribution in [3.05, 3.63) is 0 Å². The molecule has 5 nitrogen and oxygen atoms in total. The van der Waals surface area contributed by atoms with Crippen molar-refractivity contribution in [2.45, 2.75) is 6.42 Å². The first-order valence-electron chi connectivity index (χ1n) is 4.00. The molecule has 13 heavy (non-hydrogen) atoms. The Morgan fingerprint density at radius 1 is 1.62 bits per heavy atom. The number of hydrogen-bond donors (Lipinski definition) is 1. The van der Waals surface area contributed by atoms with E-state index < -0.39 is 0 Å². The van der Waals surface area contributed by atoms with Gasteiger partial charge in [0, 0.05) is 20.2 Å². The summed E-state index contributed by atoms with van der Waals surface area (Å²) in [6.07, 6.45) is -0.149. The van der Waals surface area contributed by atoms with Crippen molar-refractivity contribution in [2.75, 3.05) is 33.4 Å². The van der Waals surface area contributed by atoms with E-state index in [1.165, 1.54) is 12.0 Å². The van der Waals surface area contributed by atoms with Crippen LogP contribution in [-0.4, -0.2) is 49.3 Å². The van der Waals surface area contributed by atoms with Crippen molar-refractivity contribution in [2.24, 2.45) is 0 Å². The van der Waals surface area contributed by atoms with E-state index in [2.05, 4.69) is 0 Å². The molecule has 0 heterocycles. The molecule has 74 valence electrons. The average Bonchev–Trinajstić information content (AvgIpc) is 2.12. The fourth-order valence-electron chi connectivity index (χ4n) is 0.863. The first-order valence-corrected chi connectivity index (χ1v) is 4.00. The van der Waals surface area contributed by atoms with Crippen molar-refractivity contribution in [3.8, 4) is 6.07 Å². The lowest BCUT2D eigenvalue weighted by Gasteiger charge is -2.19. The van der Waals surface area contributed by atoms with Gasteiger partial charge in [0.15, 0.2) is 0 Å². The van der Waals surface area contributed by atoms with Gasteiger partial charge >= 0.3 is 0 Å². The molecule has 0 aromatic rings. The smallest absolute Gasteiger partial charge is 0.236 e. The van der Waals surface area contributed by atoms with Gasteiger partial charge in [-0.05, 0) is 0 Å². The van der Waals surface area contributed by atoms with Gasteiger partial charge in [-0.1, -0.05) is 0 Å². The molecule has 0 aromatic carbocycles. The van der Waals surface area contributed by atoms with Gasteiger partial charge in [0.25, 0.3) is 0 Å². The summed E-state index contributed by atoms with van der Waals surface area (Å²) in [6.45, 7) is 0.986. The van der Waals surface area contributed by atoms with E-state index in [1.54, 1.807) is 6.07 Å². The summed E-state index contributed by atoms with van der Waals surface area (Å²) in [6, 6.07) is 1.77. The van der Waals surface area contributed by atoms with Crippen LogP contribution in [-0.2, 0) is 9.53 Å². The number of ether oxygens (including phenoxy) is 1. The van der Waals surface area contributed by atoms with Gasteiger partial charge in [0.2, 0.25) is 5.91 Å². The Bertz CT molecular complexity index is 188. The second-order valence-corrected chi connectivity index (χ2v) is 2.43. The molecule has 0 radical (unpaired) electrons. The van der Waals surface area contributed by atoms with Gasteiger partial charge in [-0.3, -0.25) is 4.79 Å². The monoisotopic (exact) mass is 186 g/mol. The molecule has 5 heteroatoms. The first kappa shape index (κ1) is 11.9. The zero-order valence-electron chi connectivity index (χ0n) is 7.69. The molecule has 0 rings (SSSR count). The molecule has 0 aliphatic rings. The number of methoxy groups -OCH3 is 1. The van der Waals surface area contributed by atoms with Crippen LogP contribution in [0.1, 0.15) is 6.42 Å². The highest BCUT2D eigenvalue weighted by molar-refractivity contribution is 5.78. The topological polar surface area (TPSA) is 73.6 Å². The number of hydrogen-bond acceptors (Lipinski definition) is 4. The maximum atomic E-state index is 11.2. The third-order valence-electron chi connectivity index (χ3n) is 1.52. The normalized spacial score (nSPS) is 9.31. The van der Waals surface area contributed by atoms with E-state index in [9.17, 15) is 4.79 Å². The minimum atomic E-state index is -0.270. The summed E-state index contributed by atoms with van der Waals surface area (Å²) in [5.41, 5.74) is 0. The predicted molar refractivity (Wildman–Crippen MR) is 45.8 cm³/mol. The first-order chi connectivity index (χ1) is 6.26. The number of nitriles is 1. The minimum Gasteiger partial charge on any atom is -0.395 e. The molecule has 0 unspecified atom stereocenters. The van der Waals surface area contributed by atoms with Crippen LogP contribution in [0.5, 0.6) is 0 Å². The number of amides is 1. The van der Waals surface area contributed by atoms with Crippen LogP contribution in [0.4, 0.5) is 0 Å². The molecule has 0 atom stereocenters. The lowest BCUT2D eigenvalue weighted by Crippen LogP contribution is -2.35. The number of carbonyl (C=O) groups excluding carboxylic acids is 1. The fraction of sp³-hybridized carbons (Fsp3) is 0.750. The van der Waals surface area contributed by atoms with Crippen LogP contribution >= 0.6 is 0 Å². The molecule has 0 aliphatic carbocycles. The van der Waals surface area contributed by atoms with Crippen molar-refractivity contribution in [3.63, 3.8) is 0 Å². The Hall–Kier alpha value is -1.12. The van der Waals surface area contributed by atoms with Crippen LogP contribution in [0.3, 0.4) is 0 Å². The van der Waals surface area contributed by atoms with Gasteiger partial charge in [-0.2, -0.15) is 5.26 Å². The molecule has 0 saturated carbocycles. The van der Waals surface area contributed by atoms with Crippen LogP contribution in [0.15, 0.2) is 0 Å². The van der Waals surface area contributed by atoms with Crippen LogP contribution in [0.2, 0.25) is 0 Å². The number of rotatable bonds is 6. The Morgan fingerprint density at radius 3 is 2.77 bits per heavy atom. The SMILES string of the molecule is COCCN(CCO)C(=O)CC#N. The van der Waals surface area contributed by atoms with Gasteiger partial charge in [-0.25, -0.2) is 0 Å². The molecule has 0 aliphatic heterocycles. The van der Waals surface area contributed by atoms with E-state index >= 15 is 0 Å². The van der Waals surface area contributed by atoms with Crippen molar-refractivity contribution >= 4 is 5.91 Å². The maximum Gasteiger partial charge on any atom is 0.236 e. The Balaban J connectivity index is 3.92. The highest BCUT2D eigenvalue weighted by Crippen LogP contribution is 1.93. The minimum absolute atomic E-state index is 0.0963. The summed E-state index contributed by atoms with van der Waals surface area (Å²) in [5, 5.41) is 16.9. The second-order valence-electron chi connectivity index (χ2n) is 2.43. The zero-order valence-corrected chi connectivity index (χ0v) is 7.69. The third-order valence-corrected chi connectivity index (χ3v) is 1.52. The summed E-state index contributed by atoms with van der Waals surface area (Å²) in [7, 11) is 1.53. The average molecular weight is 186 g/mol. The number of carbonyl (C=O) groups is 1. The lowest BCUT2D eigenvalue weighted by molar-refractivity contribution is -0.131.